The average Bonchev–Trinajstić information content (AvgIpc) is 2.97. The van der Waals surface area contributed by atoms with Gasteiger partial charge in [-0.05, 0) is 43.7 Å². The molecule has 122 valence electrons. The lowest BCUT2D eigenvalue weighted by atomic mass is 10.0. The van der Waals surface area contributed by atoms with Crippen molar-refractivity contribution < 1.29 is 9.32 Å². The topological polar surface area (TPSA) is 64.2 Å². The van der Waals surface area contributed by atoms with Crippen LogP contribution in [0.2, 0.25) is 0 Å². The van der Waals surface area contributed by atoms with E-state index >= 15 is 0 Å². The summed E-state index contributed by atoms with van der Waals surface area (Å²) >= 11 is 0. The fourth-order valence-electron chi connectivity index (χ4n) is 3.30. The Morgan fingerprint density at radius 3 is 3.00 bits per heavy atom. The lowest BCUT2D eigenvalue weighted by Gasteiger charge is -2.16. The standard InChI is InChI=1S/C17H22N4O2/c1-20-9-2-3-14(20)17(22)21-10-8-12(11-21)4-7-15-18-16(23-19-15)13-5-6-13/h2-3,9,12-13H,4-8,10-11H2,1H3. The first-order valence-corrected chi connectivity index (χ1v) is 8.44. The minimum absolute atomic E-state index is 0.135. The average molecular weight is 314 g/mol. The lowest BCUT2D eigenvalue weighted by molar-refractivity contribution is 0.0777. The number of rotatable bonds is 5. The first kappa shape index (κ1) is 14.5. The molecule has 0 N–H and O–H groups in total. The van der Waals surface area contributed by atoms with Gasteiger partial charge in [0.25, 0.3) is 5.91 Å². The van der Waals surface area contributed by atoms with Gasteiger partial charge in [0.2, 0.25) is 5.89 Å². The van der Waals surface area contributed by atoms with Gasteiger partial charge in [0.1, 0.15) is 5.69 Å². The van der Waals surface area contributed by atoms with Gasteiger partial charge in [0.05, 0.1) is 0 Å². The van der Waals surface area contributed by atoms with Crippen LogP contribution in [-0.4, -0.2) is 38.6 Å². The molecule has 0 bridgehead atoms. The molecule has 4 rings (SSSR count). The molecule has 1 amide bonds. The zero-order valence-corrected chi connectivity index (χ0v) is 13.4. The van der Waals surface area contributed by atoms with Crippen LogP contribution in [0.3, 0.4) is 0 Å². The van der Waals surface area contributed by atoms with E-state index in [9.17, 15) is 4.79 Å². The molecular weight excluding hydrogens is 292 g/mol. The van der Waals surface area contributed by atoms with E-state index < -0.39 is 0 Å². The molecule has 1 saturated heterocycles. The quantitative estimate of drug-likeness (QED) is 0.850. The van der Waals surface area contributed by atoms with Crippen molar-refractivity contribution in [3.63, 3.8) is 0 Å². The van der Waals surface area contributed by atoms with Crippen molar-refractivity contribution in [3.8, 4) is 0 Å². The maximum absolute atomic E-state index is 12.5. The van der Waals surface area contributed by atoms with Gasteiger partial charge in [0.15, 0.2) is 5.82 Å². The van der Waals surface area contributed by atoms with Crippen molar-refractivity contribution in [1.82, 2.24) is 19.6 Å². The van der Waals surface area contributed by atoms with Gasteiger partial charge in [-0.2, -0.15) is 4.98 Å². The van der Waals surface area contributed by atoms with E-state index in [4.69, 9.17) is 4.52 Å². The van der Waals surface area contributed by atoms with Gasteiger partial charge in [-0.3, -0.25) is 4.79 Å². The van der Waals surface area contributed by atoms with E-state index in [-0.39, 0.29) is 5.91 Å². The van der Waals surface area contributed by atoms with Crippen LogP contribution in [0.4, 0.5) is 0 Å². The summed E-state index contributed by atoms with van der Waals surface area (Å²) in [5.74, 6) is 2.81. The van der Waals surface area contributed by atoms with Crippen LogP contribution in [0.5, 0.6) is 0 Å². The fourth-order valence-corrected chi connectivity index (χ4v) is 3.30. The molecule has 1 aliphatic heterocycles. The number of amides is 1. The lowest BCUT2D eigenvalue weighted by Crippen LogP contribution is -2.30. The third-order valence-corrected chi connectivity index (χ3v) is 4.92. The molecule has 23 heavy (non-hydrogen) atoms. The Labute approximate surface area is 135 Å². The molecule has 3 heterocycles. The highest BCUT2D eigenvalue weighted by molar-refractivity contribution is 5.92. The number of likely N-dealkylation sites (tertiary alicyclic amines) is 1. The normalized spacial score (nSPS) is 21.1. The summed E-state index contributed by atoms with van der Waals surface area (Å²) in [5, 5.41) is 4.07. The van der Waals surface area contributed by atoms with Crippen LogP contribution in [0, 0.1) is 5.92 Å². The molecule has 1 saturated carbocycles. The summed E-state index contributed by atoms with van der Waals surface area (Å²) < 4.78 is 7.18. The number of hydrogen-bond acceptors (Lipinski definition) is 4. The zero-order valence-electron chi connectivity index (χ0n) is 13.4. The van der Waals surface area contributed by atoms with Crippen molar-refractivity contribution >= 4 is 5.91 Å². The Morgan fingerprint density at radius 2 is 2.26 bits per heavy atom. The molecule has 0 aromatic carbocycles. The smallest absolute Gasteiger partial charge is 0.270 e. The molecule has 0 spiro atoms. The molecule has 2 aliphatic rings. The molecule has 2 fully saturated rings. The molecule has 1 atom stereocenters. The minimum Gasteiger partial charge on any atom is -0.347 e. The number of aryl methyl sites for hydroxylation is 2. The predicted molar refractivity (Wildman–Crippen MR) is 84.0 cm³/mol. The maximum Gasteiger partial charge on any atom is 0.270 e. The fraction of sp³-hybridized carbons (Fsp3) is 0.588. The highest BCUT2D eigenvalue weighted by atomic mass is 16.5. The Hall–Kier alpha value is -2.11. The van der Waals surface area contributed by atoms with Gasteiger partial charge in [-0.25, -0.2) is 0 Å². The molecule has 1 aliphatic carbocycles. The summed E-state index contributed by atoms with van der Waals surface area (Å²) in [5.41, 5.74) is 0.762. The van der Waals surface area contributed by atoms with E-state index in [0.29, 0.717) is 11.8 Å². The van der Waals surface area contributed by atoms with E-state index in [2.05, 4.69) is 10.1 Å². The Balaban J connectivity index is 1.30. The first-order chi connectivity index (χ1) is 11.2. The number of carbonyl (C=O) groups is 1. The summed E-state index contributed by atoms with van der Waals surface area (Å²) in [4.78, 5) is 18.9. The Bertz CT molecular complexity index is 701. The predicted octanol–water partition coefficient (Wildman–Crippen LogP) is 2.38. The second-order valence-corrected chi connectivity index (χ2v) is 6.77. The van der Waals surface area contributed by atoms with Gasteiger partial charge in [-0.15, -0.1) is 0 Å². The third kappa shape index (κ3) is 3.02. The van der Waals surface area contributed by atoms with Crippen LogP contribution in [0.25, 0.3) is 0 Å². The number of hydrogen-bond donors (Lipinski definition) is 0. The summed E-state index contributed by atoms with van der Waals surface area (Å²) in [6.07, 6.45) is 7.19. The van der Waals surface area contributed by atoms with E-state index in [1.807, 2.05) is 34.8 Å². The SMILES string of the molecule is Cn1cccc1C(=O)N1CCC(CCc2noc(C3CC3)n2)C1. The van der Waals surface area contributed by atoms with Crippen molar-refractivity contribution in [3.05, 3.63) is 35.7 Å². The van der Waals surface area contributed by atoms with Crippen LogP contribution in [-0.2, 0) is 13.5 Å². The number of nitrogens with zero attached hydrogens (tertiary/aromatic N) is 4. The second-order valence-electron chi connectivity index (χ2n) is 6.77. The van der Waals surface area contributed by atoms with Crippen LogP contribution in [0.1, 0.15) is 53.8 Å². The van der Waals surface area contributed by atoms with Gasteiger partial charge < -0.3 is 14.0 Å². The molecule has 6 heteroatoms. The Morgan fingerprint density at radius 1 is 1.39 bits per heavy atom. The molecule has 2 aromatic rings. The van der Waals surface area contributed by atoms with Crippen molar-refractivity contribution in [1.29, 1.82) is 0 Å². The Kier molecular flexibility index (Phi) is 3.67. The van der Waals surface area contributed by atoms with Crippen molar-refractivity contribution in [2.75, 3.05) is 13.1 Å². The molecule has 2 aromatic heterocycles. The molecular formula is C17H22N4O2. The van der Waals surface area contributed by atoms with Gasteiger partial charge in [-0.1, -0.05) is 5.16 Å². The monoisotopic (exact) mass is 314 g/mol. The van der Waals surface area contributed by atoms with E-state index in [1.54, 1.807) is 0 Å². The summed E-state index contributed by atoms with van der Waals surface area (Å²) in [6, 6.07) is 3.79. The van der Waals surface area contributed by atoms with Gasteiger partial charge in [0, 0.05) is 38.7 Å². The maximum atomic E-state index is 12.5. The van der Waals surface area contributed by atoms with Gasteiger partial charge >= 0.3 is 0 Å². The van der Waals surface area contributed by atoms with Crippen molar-refractivity contribution in [2.24, 2.45) is 13.0 Å². The molecule has 6 nitrogen and oxygen atoms in total. The highest BCUT2D eigenvalue weighted by Crippen LogP contribution is 2.38. The van der Waals surface area contributed by atoms with Crippen LogP contribution >= 0.6 is 0 Å². The van der Waals surface area contributed by atoms with E-state index in [0.717, 1.165) is 49.8 Å². The first-order valence-electron chi connectivity index (χ1n) is 8.44. The number of aromatic nitrogens is 3. The minimum atomic E-state index is 0.135. The van der Waals surface area contributed by atoms with Crippen LogP contribution in [0.15, 0.2) is 22.9 Å². The van der Waals surface area contributed by atoms with Crippen molar-refractivity contribution in [2.45, 2.75) is 38.0 Å². The summed E-state index contributed by atoms with van der Waals surface area (Å²) in [6.45, 7) is 1.67. The van der Waals surface area contributed by atoms with Crippen LogP contribution < -0.4 is 0 Å². The summed E-state index contributed by atoms with van der Waals surface area (Å²) in [7, 11) is 1.91. The molecule has 0 radical (unpaired) electrons. The number of carbonyl (C=O) groups excluding carboxylic acids is 1. The highest BCUT2D eigenvalue weighted by Gasteiger charge is 2.30. The van der Waals surface area contributed by atoms with E-state index in [1.165, 1.54) is 12.8 Å². The third-order valence-electron chi connectivity index (χ3n) is 4.92. The largest absolute Gasteiger partial charge is 0.347 e. The second kappa shape index (κ2) is 5.83. The zero-order chi connectivity index (χ0) is 15.8. The molecule has 1 unspecified atom stereocenters.